The van der Waals surface area contributed by atoms with E-state index in [2.05, 4.69) is 4.98 Å². The first-order valence-electron chi connectivity index (χ1n) is 4.33. The van der Waals surface area contributed by atoms with Crippen molar-refractivity contribution in [2.75, 3.05) is 0 Å². The Bertz CT molecular complexity index is 682. The van der Waals surface area contributed by atoms with Crippen LogP contribution in [0.2, 0.25) is 0 Å². The predicted octanol–water partition coefficient (Wildman–Crippen LogP) is 1.31. The second-order valence-corrected chi connectivity index (χ2v) is 3.13. The molecule has 0 aliphatic heterocycles. The van der Waals surface area contributed by atoms with Gasteiger partial charge in [-0.1, -0.05) is 0 Å². The van der Waals surface area contributed by atoms with Crippen molar-refractivity contribution in [2.24, 2.45) is 0 Å². The number of rotatable bonds is 1. The smallest absolute Gasteiger partial charge is 0.270 e. The van der Waals surface area contributed by atoms with Gasteiger partial charge in [0, 0.05) is 23.8 Å². The fraction of sp³-hybridized carbons (Fsp3) is 0. The van der Waals surface area contributed by atoms with Gasteiger partial charge in [0.15, 0.2) is 0 Å². The van der Waals surface area contributed by atoms with E-state index in [-0.39, 0.29) is 16.6 Å². The van der Waals surface area contributed by atoms with E-state index in [0.717, 1.165) is 6.07 Å². The maximum atomic E-state index is 11.7. The zero-order valence-corrected chi connectivity index (χ0v) is 7.93. The van der Waals surface area contributed by atoms with E-state index in [1.165, 1.54) is 18.3 Å². The summed E-state index contributed by atoms with van der Waals surface area (Å²) in [5, 5.41) is 19.3. The fourth-order valence-electron chi connectivity index (χ4n) is 1.40. The summed E-state index contributed by atoms with van der Waals surface area (Å²) < 4.78 is 0. The Labute approximate surface area is 88.9 Å². The van der Waals surface area contributed by atoms with Crippen molar-refractivity contribution in [2.45, 2.75) is 0 Å². The summed E-state index contributed by atoms with van der Waals surface area (Å²) >= 11 is 0. The summed E-state index contributed by atoms with van der Waals surface area (Å²) in [5.41, 5.74) is -0.268. The number of aromatic nitrogens is 1. The van der Waals surface area contributed by atoms with E-state index in [0.29, 0.717) is 5.52 Å². The molecule has 0 unspecified atom stereocenters. The number of fused-ring (bicyclic) bond motifs is 1. The quantitative estimate of drug-likeness (QED) is 0.572. The Balaban J connectivity index is 2.86. The average molecular weight is 215 g/mol. The Morgan fingerprint density at radius 2 is 2.19 bits per heavy atom. The van der Waals surface area contributed by atoms with Crippen LogP contribution >= 0.6 is 0 Å². The molecule has 1 aromatic heterocycles. The summed E-state index contributed by atoms with van der Waals surface area (Å²) in [4.78, 5) is 24.4. The third-order valence-electron chi connectivity index (χ3n) is 2.20. The van der Waals surface area contributed by atoms with Gasteiger partial charge in [-0.15, -0.1) is 0 Å². The van der Waals surface area contributed by atoms with Gasteiger partial charge in [-0.25, -0.2) is 0 Å². The van der Waals surface area contributed by atoms with Crippen LogP contribution in [0.5, 0.6) is 0 Å². The number of nitro benzene ring substituents is 1. The number of aromatic amines is 1. The van der Waals surface area contributed by atoms with E-state index < -0.39 is 10.4 Å². The molecule has 0 radical (unpaired) electrons. The minimum absolute atomic E-state index is 0.0620. The molecule has 1 heterocycles. The summed E-state index contributed by atoms with van der Waals surface area (Å²) in [6.45, 7) is 0. The number of non-ortho nitro benzene ring substituents is 1. The molecule has 0 bridgehead atoms. The molecule has 2 rings (SSSR count). The van der Waals surface area contributed by atoms with Crippen molar-refractivity contribution in [3.8, 4) is 6.07 Å². The van der Waals surface area contributed by atoms with Crippen LogP contribution in [0.1, 0.15) is 5.56 Å². The van der Waals surface area contributed by atoms with E-state index in [1.54, 1.807) is 6.07 Å². The van der Waals surface area contributed by atoms with Gasteiger partial charge in [-0.2, -0.15) is 5.26 Å². The molecule has 0 spiro atoms. The number of hydrogen-bond donors (Lipinski definition) is 1. The van der Waals surface area contributed by atoms with E-state index in [4.69, 9.17) is 5.26 Å². The Kier molecular flexibility index (Phi) is 2.14. The van der Waals surface area contributed by atoms with Crippen molar-refractivity contribution in [3.05, 3.63) is 50.3 Å². The molecule has 0 aliphatic rings. The van der Waals surface area contributed by atoms with Crippen molar-refractivity contribution in [3.63, 3.8) is 0 Å². The molecule has 0 aliphatic carbocycles. The highest BCUT2D eigenvalue weighted by molar-refractivity contribution is 5.81. The molecular formula is C10H5N3O3. The molecule has 6 heteroatoms. The first-order chi connectivity index (χ1) is 7.63. The summed E-state index contributed by atoms with van der Waals surface area (Å²) in [7, 11) is 0. The van der Waals surface area contributed by atoms with Crippen LogP contribution in [0.25, 0.3) is 10.9 Å². The Hall–Kier alpha value is -2.68. The van der Waals surface area contributed by atoms with Crippen LogP contribution in [0.4, 0.5) is 5.69 Å². The maximum absolute atomic E-state index is 11.7. The van der Waals surface area contributed by atoms with Gasteiger partial charge in [0.25, 0.3) is 5.69 Å². The number of nitriles is 1. The van der Waals surface area contributed by atoms with E-state index in [1.807, 2.05) is 0 Å². The average Bonchev–Trinajstić information content (AvgIpc) is 2.29. The highest BCUT2D eigenvalue weighted by Gasteiger charge is 2.10. The molecule has 1 N–H and O–H groups in total. The van der Waals surface area contributed by atoms with Crippen LogP contribution in [0.3, 0.4) is 0 Å². The number of nitrogens with zero attached hydrogens (tertiary/aromatic N) is 2. The van der Waals surface area contributed by atoms with Gasteiger partial charge in [-0.05, 0) is 6.07 Å². The van der Waals surface area contributed by atoms with Gasteiger partial charge < -0.3 is 4.98 Å². The largest absolute Gasteiger partial charge is 0.360 e. The number of H-pyrrole nitrogens is 1. The van der Waals surface area contributed by atoms with Gasteiger partial charge in [0.2, 0.25) is 5.43 Å². The number of pyridine rings is 1. The lowest BCUT2D eigenvalue weighted by molar-refractivity contribution is -0.384. The molecule has 2 aromatic rings. The van der Waals surface area contributed by atoms with Gasteiger partial charge >= 0.3 is 0 Å². The topological polar surface area (TPSA) is 99.8 Å². The lowest BCUT2D eigenvalue weighted by atomic mass is 10.1. The van der Waals surface area contributed by atoms with Crippen LogP contribution in [-0.2, 0) is 0 Å². The minimum atomic E-state index is -0.585. The normalized spacial score (nSPS) is 9.94. The molecular weight excluding hydrogens is 210 g/mol. The van der Waals surface area contributed by atoms with Crippen molar-refractivity contribution < 1.29 is 4.92 Å². The van der Waals surface area contributed by atoms with Gasteiger partial charge in [-0.3, -0.25) is 14.9 Å². The molecule has 1 aromatic carbocycles. The molecule has 0 fully saturated rings. The number of benzene rings is 1. The highest BCUT2D eigenvalue weighted by Crippen LogP contribution is 2.16. The predicted molar refractivity (Wildman–Crippen MR) is 55.9 cm³/mol. The molecule has 0 amide bonds. The fourth-order valence-corrected chi connectivity index (χ4v) is 1.40. The second kappa shape index (κ2) is 3.47. The maximum Gasteiger partial charge on any atom is 0.270 e. The van der Waals surface area contributed by atoms with Gasteiger partial charge in [0.05, 0.1) is 10.3 Å². The molecule has 78 valence electrons. The number of nitro groups is 1. The summed E-state index contributed by atoms with van der Waals surface area (Å²) in [6, 6.07) is 5.62. The highest BCUT2D eigenvalue weighted by atomic mass is 16.6. The summed E-state index contributed by atoms with van der Waals surface area (Å²) in [6.07, 6.45) is 1.29. The number of hydrogen-bond acceptors (Lipinski definition) is 4. The zero-order valence-electron chi connectivity index (χ0n) is 7.93. The lowest BCUT2D eigenvalue weighted by Gasteiger charge is -1.97. The SMILES string of the molecule is N#Cc1c[nH]c2ccc([N+](=O)[O-])cc2c1=O. The van der Waals surface area contributed by atoms with Crippen molar-refractivity contribution in [1.29, 1.82) is 5.26 Å². The van der Waals surface area contributed by atoms with Crippen LogP contribution in [0, 0.1) is 21.4 Å². The summed E-state index contributed by atoms with van der Waals surface area (Å²) in [5.74, 6) is 0. The molecule has 6 nitrogen and oxygen atoms in total. The van der Waals surface area contributed by atoms with E-state index >= 15 is 0 Å². The first-order valence-corrected chi connectivity index (χ1v) is 4.33. The number of nitrogens with one attached hydrogen (secondary N) is 1. The first kappa shape index (κ1) is 9.86. The molecule has 0 saturated carbocycles. The van der Waals surface area contributed by atoms with Crippen LogP contribution in [-0.4, -0.2) is 9.91 Å². The van der Waals surface area contributed by atoms with Crippen LogP contribution in [0.15, 0.2) is 29.2 Å². The lowest BCUT2D eigenvalue weighted by Crippen LogP contribution is -2.07. The zero-order chi connectivity index (χ0) is 11.7. The molecule has 0 saturated heterocycles. The standard InChI is InChI=1S/C10H5N3O3/c11-4-6-5-12-9-2-1-7(13(15)16)3-8(9)10(6)14/h1-3,5H,(H,12,14). The van der Waals surface area contributed by atoms with Gasteiger partial charge in [0.1, 0.15) is 11.6 Å². The molecule has 16 heavy (non-hydrogen) atoms. The molecule has 0 atom stereocenters. The van der Waals surface area contributed by atoms with Crippen molar-refractivity contribution in [1.82, 2.24) is 4.98 Å². The van der Waals surface area contributed by atoms with Crippen LogP contribution < -0.4 is 5.43 Å². The van der Waals surface area contributed by atoms with Crippen molar-refractivity contribution >= 4 is 16.6 Å². The Morgan fingerprint density at radius 3 is 2.81 bits per heavy atom. The third-order valence-corrected chi connectivity index (χ3v) is 2.20. The van der Waals surface area contributed by atoms with E-state index in [9.17, 15) is 14.9 Å². The minimum Gasteiger partial charge on any atom is -0.360 e. The second-order valence-electron chi connectivity index (χ2n) is 3.13. The Morgan fingerprint density at radius 1 is 1.44 bits per heavy atom. The third kappa shape index (κ3) is 1.40. The monoisotopic (exact) mass is 215 g/mol.